The maximum Gasteiger partial charge on any atom is 0.315 e. The fourth-order valence-corrected chi connectivity index (χ4v) is 4.79. The molecule has 0 radical (unpaired) electrons. The van der Waals surface area contributed by atoms with Crippen molar-refractivity contribution in [1.29, 1.82) is 5.26 Å². The Kier molecular flexibility index (Phi) is 10.4. The van der Waals surface area contributed by atoms with Crippen molar-refractivity contribution in [2.24, 2.45) is 11.8 Å². The number of likely N-dealkylation sites (tertiary alicyclic amines) is 1. The Morgan fingerprint density at radius 1 is 1.11 bits per heavy atom. The number of carbonyl (C=O) groups excluding carboxylic acids is 1. The van der Waals surface area contributed by atoms with Gasteiger partial charge in [0.1, 0.15) is 0 Å². The molecule has 2 atom stereocenters. The fraction of sp³-hybridized carbons (Fsp3) is 0.909. The zero-order valence-corrected chi connectivity index (χ0v) is 17.3. The van der Waals surface area contributed by atoms with Crippen LogP contribution in [0.1, 0.15) is 90.4 Å². The van der Waals surface area contributed by atoms with E-state index in [9.17, 15) is 4.79 Å². The number of nitriles is 1. The number of unbranched alkanes of at least 4 members (excludes halogenated alkanes) is 1. The first kappa shape index (κ1) is 21.9. The van der Waals surface area contributed by atoms with Crippen molar-refractivity contribution in [2.75, 3.05) is 19.6 Å². The summed E-state index contributed by atoms with van der Waals surface area (Å²) in [5.41, 5.74) is 0. The van der Waals surface area contributed by atoms with Crippen molar-refractivity contribution >= 4 is 6.03 Å². The summed E-state index contributed by atoms with van der Waals surface area (Å²) in [4.78, 5) is 13.9. The molecule has 2 aliphatic rings. The lowest BCUT2D eigenvalue weighted by Crippen LogP contribution is -2.43. The molecule has 0 bridgehead atoms. The van der Waals surface area contributed by atoms with E-state index in [1.165, 1.54) is 70.6 Å². The van der Waals surface area contributed by atoms with E-state index in [-0.39, 0.29) is 12.1 Å². The Morgan fingerprint density at radius 2 is 1.81 bits per heavy atom. The lowest BCUT2D eigenvalue weighted by Gasteiger charge is -2.27. The minimum atomic E-state index is -0.0662. The molecule has 0 aromatic heterocycles. The second-order valence-electron chi connectivity index (χ2n) is 8.58. The first-order valence-electron chi connectivity index (χ1n) is 11.4. The SMILES string of the molecule is CCCCC(CCNC(=O)N[C@@H]1CCN(C#N)C1)C1CCCCCCCC1. The highest BCUT2D eigenvalue weighted by molar-refractivity contribution is 5.74. The van der Waals surface area contributed by atoms with Crippen LogP contribution in [0.5, 0.6) is 0 Å². The zero-order chi connectivity index (χ0) is 19.3. The molecule has 0 aromatic carbocycles. The van der Waals surface area contributed by atoms with Gasteiger partial charge in [-0.2, -0.15) is 5.26 Å². The summed E-state index contributed by atoms with van der Waals surface area (Å²) >= 11 is 0. The van der Waals surface area contributed by atoms with Crippen LogP contribution in [0.3, 0.4) is 0 Å². The number of carbonyl (C=O) groups is 1. The second kappa shape index (κ2) is 12.9. The summed E-state index contributed by atoms with van der Waals surface area (Å²) in [7, 11) is 0. The molecular formula is C22H40N4O. The van der Waals surface area contributed by atoms with Gasteiger partial charge in [-0.3, -0.25) is 0 Å². The number of hydrogen-bond donors (Lipinski definition) is 2. The summed E-state index contributed by atoms with van der Waals surface area (Å²) in [6, 6.07) is 0.0402. The van der Waals surface area contributed by atoms with Crippen LogP contribution in [-0.2, 0) is 0 Å². The molecule has 27 heavy (non-hydrogen) atoms. The number of nitrogens with zero attached hydrogens (tertiary/aromatic N) is 2. The van der Waals surface area contributed by atoms with Gasteiger partial charge in [0.25, 0.3) is 0 Å². The van der Waals surface area contributed by atoms with Crippen molar-refractivity contribution in [3.8, 4) is 6.19 Å². The summed E-state index contributed by atoms with van der Waals surface area (Å²) in [5, 5.41) is 15.0. The minimum absolute atomic E-state index is 0.0662. The third-order valence-corrected chi connectivity index (χ3v) is 6.46. The van der Waals surface area contributed by atoms with Crippen LogP contribution in [0.25, 0.3) is 0 Å². The topological polar surface area (TPSA) is 68.2 Å². The van der Waals surface area contributed by atoms with Gasteiger partial charge in [0, 0.05) is 19.6 Å². The second-order valence-corrected chi connectivity index (χ2v) is 8.58. The highest BCUT2D eigenvalue weighted by Crippen LogP contribution is 2.32. The maximum absolute atomic E-state index is 12.2. The molecule has 1 aliphatic heterocycles. The third kappa shape index (κ3) is 8.41. The summed E-state index contributed by atoms with van der Waals surface area (Å²) in [5.74, 6) is 1.60. The minimum Gasteiger partial charge on any atom is -0.338 e. The van der Waals surface area contributed by atoms with Gasteiger partial charge in [0.15, 0.2) is 6.19 Å². The van der Waals surface area contributed by atoms with Crippen LogP contribution >= 0.6 is 0 Å². The molecule has 0 aromatic rings. The van der Waals surface area contributed by atoms with E-state index in [1.807, 2.05) is 0 Å². The Labute approximate surface area is 166 Å². The highest BCUT2D eigenvalue weighted by Gasteiger charge is 2.24. The molecule has 1 saturated carbocycles. The highest BCUT2D eigenvalue weighted by atomic mass is 16.2. The number of amides is 2. The maximum atomic E-state index is 12.2. The van der Waals surface area contributed by atoms with E-state index in [2.05, 4.69) is 23.8 Å². The molecule has 1 aliphatic carbocycles. The van der Waals surface area contributed by atoms with E-state index < -0.39 is 0 Å². The van der Waals surface area contributed by atoms with Crippen molar-refractivity contribution < 1.29 is 4.79 Å². The number of nitrogens with one attached hydrogen (secondary N) is 2. The van der Waals surface area contributed by atoms with Crippen LogP contribution in [0, 0.1) is 23.3 Å². The number of rotatable bonds is 8. The quantitative estimate of drug-likeness (QED) is 0.599. The Hall–Kier alpha value is -1.44. The van der Waals surface area contributed by atoms with Crippen molar-refractivity contribution in [1.82, 2.24) is 15.5 Å². The van der Waals surface area contributed by atoms with Crippen molar-refractivity contribution in [3.05, 3.63) is 0 Å². The van der Waals surface area contributed by atoms with Crippen molar-refractivity contribution in [3.63, 3.8) is 0 Å². The molecule has 2 N–H and O–H groups in total. The van der Waals surface area contributed by atoms with Crippen LogP contribution in [0.4, 0.5) is 4.79 Å². The monoisotopic (exact) mass is 376 g/mol. The third-order valence-electron chi connectivity index (χ3n) is 6.46. The van der Waals surface area contributed by atoms with E-state index in [0.717, 1.165) is 37.8 Å². The van der Waals surface area contributed by atoms with Crippen LogP contribution in [-0.4, -0.2) is 36.6 Å². The number of urea groups is 1. The first-order chi connectivity index (χ1) is 13.2. The predicted molar refractivity (Wildman–Crippen MR) is 110 cm³/mol. The lowest BCUT2D eigenvalue weighted by atomic mass is 9.79. The molecule has 5 nitrogen and oxygen atoms in total. The van der Waals surface area contributed by atoms with Gasteiger partial charge in [0.2, 0.25) is 0 Å². The average molecular weight is 377 g/mol. The molecule has 2 amide bonds. The van der Waals surface area contributed by atoms with Crippen molar-refractivity contribution in [2.45, 2.75) is 96.4 Å². The predicted octanol–water partition coefficient (Wildman–Crippen LogP) is 4.79. The zero-order valence-electron chi connectivity index (χ0n) is 17.3. The summed E-state index contributed by atoms with van der Waals surface area (Å²) in [6.07, 6.45) is 19.2. The smallest absolute Gasteiger partial charge is 0.315 e. The molecule has 2 rings (SSSR count). The van der Waals surface area contributed by atoms with Gasteiger partial charge >= 0.3 is 6.03 Å². The fourth-order valence-electron chi connectivity index (χ4n) is 4.79. The van der Waals surface area contributed by atoms with Gasteiger partial charge in [-0.15, -0.1) is 0 Å². The van der Waals surface area contributed by atoms with E-state index in [0.29, 0.717) is 6.54 Å². The summed E-state index contributed by atoms with van der Waals surface area (Å²) in [6.45, 7) is 4.44. The first-order valence-corrected chi connectivity index (χ1v) is 11.4. The molecule has 1 heterocycles. The Balaban J connectivity index is 1.73. The molecule has 5 heteroatoms. The van der Waals surface area contributed by atoms with Gasteiger partial charge < -0.3 is 15.5 Å². The molecule has 0 spiro atoms. The van der Waals surface area contributed by atoms with Crippen LogP contribution < -0.4 is 10.6 Å². The largest absolute Gasteiger partial charge is 0.338 e. The van der Waals surface area contributed by atoms with E-state index >= 15 is 0 Å². The summed E-state index contributed by atoms with van der Waals surface area (Å²) < 4.78 is 0. The number of hydrogen-bond acceptors (Lipinski definition) is 3. The Bertz CT molecular complexity index is 452. The molecule has 154 valence electrons. The van der Waals surface area contributed by atoms with Gasteiger partial charge in [-0.05, 0) is 24.7 Å². The van der Waals surface area contributed by atoms with Gasteiger partial charge in [0.05, 0.1) is 6.04 Å². The Morgan fingerprint density at radius 3 is 2.44 bits per heavy atom. The van der Waals surface area contributed by atoms with Gasteiger partial charge in [-0.25, -0.2) is 4.79 Å². The molecule has 1 unspecified atom stereocenters. The standard InChI is InChI=1S/C22H40N4O/c1-2-3-10-20(19-11-8-6-4-5-7-9-12-19)13-15-24-22(27)25-21-14-16-26(17-21)18-23/h19-21H,2-17H2,1H3,(H2,24,25,27)/t20?,21-/m1/s1. The lowest BCUT2D eigenvalue weighted by molar-refractivity contribution is 0.228. The van der Waals surface area contributed by atoms with Crippen LogP contribution in [0.2, 0.25) is 0 Å². The van der Waals surface area contributed by atoms with E-state index in [1.54, 1.807) is 4.90 Å². The van der Waals surface area contributed by atoms with Crippen LogP contribution in [0.15, 0.2) is 0 Å². The van der Waals surface area contributed by atoms with Gasteiger partial charge in [-0.1, -0.05) is 77.6 Å². The normalized spacial score (nSPS) is 23.0. The average Bonchev–Trinajstić information content (AvgIpc) is 3.16. The molecule has 1 saturated heterocycles. The molecular weight excluding hydrogens is 336 g/mol. The van der Waals surface area contributed by atoms with E-state index in [4.69, 9.17) is 5.26 Å². The molecule has 2 fully saturated rings.